The normalized spacial score (nSPS) is 14.2. The molecular weight excluding hydrogens is 276 g/mol. The number of aromatic nitrogens is 4. The van der Waals surface area contributed by atoms with Crippen LogP contribution in [-0.4, -0.2) is 27.0 Å². The van der Waals surface area contributed by atoms with Gasteiger partial charge in [0.05, 0.1) is 0 Å². The molecule has 0 radical (unpaired) electrons. The van der Waals surface area contributed by atoms with Crippen molar-refractivity contribution >= 4 is 23.4 Å². The van der Waals surface area contributed by atoms with E-state index in [4.69, 9.17) is 5.73 Å². The first kappa shape index (κ1) is 12.9. The molecule has 1 saturated carbocycles. The van der Waals surface area contributed by atoms with E-state index in [-0.39, 0.29) is 11.4 Å². The number of nitrogens with zero attached hydrogens (tertiary/aromatic N) is 3. The first-order valence-electron chi connectivity index (χ1n) is 6.25. The smallest absolute Gasteiger partial charge is 0.253 e. The summed E-state index contributed by atoms with van der Waals surface area (Å²) in [6, 6.07) is 3.07. The summed E-state index contributed by atoms with van der Waals surface area (Å²) < 4.78 is 0. The van der Waals surface area contributed by atoms with Crippen molar-refractivity contribution in [1.29, 1.82) is 0 Å². The van der Waals surface area contributed by atoms with Gasteiger partial charge in [0.1, 0.15) is 22.5 Å². The first-order chi connectivity index (χ1) is 9.64. The summed E-state index contributed by atoms with van der Waals surface area (Å²) >= 11 is 1.27. The maximum absolute atomic E-state index is 11.4. The second-order valence-electron chi connectivity index (χ2n) is 4.55. The molecule has 8 heteroatoms. The lowest BCUT2D eigenvalue weighted by molar-refractivity contribution is 0.874. The van der Waals surface area contributed by atoms with Crippen molar-refractivity contribution in [2.24, 2.45) is 0 Å². The van der Waals surface area contributed by atoms with Crippen molar-refractivity contribution in [2.75, 3.05) is 18.1 Å². The van der Waals surface area contributed by atoms with Gasteiger partial charge in [-0.25, -0.2) is 15.0 Å². The zero-order chi connectivity index (χ0) is 14.1. The zero-order valence-corrected chi connectivity index (χ0v) is 11.7. The van der Waals surface area contributed by atoms with Crippen LogP contribution >= 0.6 is 11.8 Å². The lowest BCUT2D eigenvalue weighted by Crippen LogP contribution is -2.09. The van der Waals surface area contributed by atoms with Gasteiger partial charge in [-0.2, -0.15) is 0 Å². The molecule has 1 aliphatic rings. The van der Waals surface area contributed by atoms with E-state index in [0.29, 0.717) is 11.1 Å². The van der Waals surface area contributed by atoms with Gasteiger partial charge in [0.15, 0.2) is 5.16 Å². The molecule has 2 heterocycles. The number of nitrogens with one attached hydrogen (secondary N) is 2. The fourth-order valence-electron chi connectivity index (χ4n) is 1.75. The molecule has 3 rings (SSSR count). The Morgan fingerprint density at radius 2 is 2.15 bits per heavy atom. The highest BCUT2D eigenvalue weighted by molar-refractivity contribution is 7.99. The van der Waals surface area contributed by atoms with Gasteiger partial charge in [-0.1, -0.05) is 0 Å². The number of H-pyrrole nitrogens is 1. The minimum Gasteiger partial charge on any atom is -0.383 e. The molecule has 0 saturated heterocycles. The van der Waals surface area contributed by atoms with Crippen molar-refractivity contribution in [1.82, 2.24) is 19.9 Å². The standard InChI is InChI=1S/C12H14N6OS/c1-14-8-5-10(18-11(16-8)6-2-3-6)20-12-15-7(13)4-9(19)17-12/h4-6H,2-3H2,1H3,(H,14,16,18)(H3,13,15,17,19). The second kappa shape index (κ2) is 5.12. The molecule has 0 unspecified atom stereocenters. The molecule has 20 heavy (non-hydrogen) atoms. The number of rotatable bonds is 4. The molecule has 2 aromatic rings. The van der Waals surface area contributed by atoms with Crippen molar-refractivity contribution in [2.45, 2.75) is 28.9 Å². The molecule has 0 amide bonds. The third-order valence-electron chi connectivity index (χ3n) is 2.86. The van der Waals surface area contributed by atoms with Crippen molar-refractivity contribution in [3.8, 4) is 0 Å². The number of nitrogen functional groups attached to an aromatic ring is 1. The van der Waals surface area contributed by atoms with E-state index < -0.39 is 0 Å². The Kier molecular flexibility index (Phi) is 3.31. The number of aromatic amines is 1. The topological polar surface area (TPSA) is 110 Å². The van der Waals surface area contributed by atoms with Gasteiger partial charge < -0.3 is 16.0 Å². The number of anilines is 2. The number of nitrogens with two attached hydrogens (primary N) is 1. The molecule has 2 aromatic heterocycles. The SMILES string of the molecule is CNc1cc(Sc2nc(N)cc(=O)[nH]2)nc(C2CC2)n1. The predicted molar refractivity (Wildman–Crippen MR) is 76.9 cm³/mol. The van der Waals surface area contributed by atoms with E-state index in [9.17, 15) is 4.79 Å². The monoisotopic (exact) mass is 290 g/mol. The maximum Gasteiger partial charge on any atom is 0.253 e. The van der Waals surface area contributed by atoms with Gasteiger partial charge in [0, 0.05) is 25.1 Å². The molecular formula is C12H14N6OS. The number of hydrogen-bond donors (Lipinski definition) is 3. The van der Waals surface area contributed by atoms with Crippen molar-refractivity contribution < 1.29 is 0 Å². The van der Waals surface area contributed by atoms with Crippen LogP contribution in [0.1, 0.15) is 24.6 Å². The van der Waals surface area contributed by atoms with Crippen LogP contribution in [-0.2, 0) is 0 Å². The summed E-state index contributed by atoms with van der Waals surface area (Å²) in [5.41, 5.74) is 5.29. The Balaban J connectivity index is 1.92. The molecule has 104 valence electrons. The minimum atomic E-state index is -0.273. The van der Waals surface area contributed by atoms with E-state index in [1.807, 2.05) is 13.1 Å². The van der Waals surface area contributed by atoms with E-state index in [1.54, 1.807) is 0 Å². The molecule has 1 aliphatic carbocycles. The molecule has 1 fully saturated rings. The van der Waals surface area contributed by atoms with E-state index in [2.05, 4.69) is 25.3 Å². The molecule has 4 N–H and O–H groups in total. The summed E-state index contributed by atoms with van der Waals surface area (Å²) in [5.74, 6) is 2.25. The highest BCUT2D eigenvalue weighted by atomic mass is 32.2. The Bertz CT molecular complexity index is 697. The van der Waals surface area contributed by atoms with Crippen LogP contribution < -0.4 is 16.6 Å². The first-order valence-corrected chi connectivity index (χ1v) is 7.07. The Hall–Kier alpha value is -2.09. The third-order valence-corrected chi connectivity index (χ3v) is 3.66. The van der Waals surface area contributed by atoms with Gasteiger partial charge in [-0.15, -0.1) is 0 Å². The Morgan fingerprint density at radius 3 is 2.80 bits per heavy atom. The summed E-state index contributed by atoms with van der Waals surface area (Å²) in [6.07, 6.45) is 2.26. The Labute approximate surface area is 119 Å². The highest BCUT2D eigenvalue weighted by Gasteiger charge is 2.27. The van der Waals surface area contributed by atoms with E-state index in [0.717, 1.165) is 29.5 Å². The van der Waals surface area contributed by atoms with Gasteiger partial charge in [0.25, 0.3) is 5.56 Å². The fraction of sp³-hybridized carbons (Fsp3) is 0.333. The Morgan fingerprint density at radius 1 is 1.35 bits per heavy atom. The van der Waals surface area contributed by atoms with Gasteiger partial charge in [-0.3, -0.25) is 4.79 Å². The summed E-state index contributed by atoms with van der Waals surface area (Å²) in [7, 11) is 1.81. The maximum atomic E-state index is 11.4. The zero-order valence-electron chi connectivity index (χ0n) is 10.9. The van der Waals surface area contributed by atoms with Gasteiger partial charge in [-0.05, 0) is 24.6 Å². The van der Waals surface area contributed by atoms with Crippen LogP contribution in [0.2, 0.25) is 0 Å². The van der Waals surface area contributed by atoms with Crippen LogP contribution in [0.5, 0.6) is 0 Å². The molecule has 0 bridgehead atoms. The predicted octanol–water partition coefficient (Wildman–Crippen LogP) is 1.21. The van der Waals surface area contributed by atoms with Crippen LogP contribution in [0.4, 0.5) is 11.6 Å². The summed E-state index contributed by atoms with van der Waals surface area (Å²) in [5, 5.41) is 4.18. The quantitative estimate of drug-likeness (QED) is 0.573. The summed E-state index contributed by atoms with van der Waals surface area (Å²) in [6.45, 7) is 0. The largest absolute Gasteiger partial charge is 0.383 e. The van der Waals surface area contributed by atoms with Crippen LogP contribution in [0.3, 0.4) is 0 Å². The van der Waals surface area contributed by atoms with Gasteiger partial charge >= 0.3 is 0 Å². The molecule has 0 spiro atoms. The molecule has 0 aromatic carbocycles. The lowest BCUT2D eigenvalue weighted by Gasteiger charge is -2.06. The van der Waals surface area contributed by atoms with Gasteiger partial charge in [0.2, 0.25) is 0 Å². The minimum absolute atomic E-state index is 0.196. The average Bonchev–Trinajstić information content (AvgIpc) is 3.21. The molecule has 7 nitrogen and oxygen atoms in total. The summed E-state index contributed by atoms with van der Waals surface area (Å²) in [4.78, 5) is 27.0. The lowest BCUT2D eigenvalue weighted by atomic mass is 10.4. The van der Waals surface area contributed by atoms with Crippen molar-refractivity contribution in [3.05, 3.63) is 28.3 Å². The van der Waals surface area contributed by atoms with Crippen LogP contribution in [0.25, 0.3) is 0 Å². The van der Waals surface area contributed by atoms with Crippen molar-refractivity contribution in [3.63, 3.8) is 0 Å². The molecule has 0 atom stereocenters. The highest BCUT2D eigenvalue weighted by Crippen LogP contribution is 2.39. The molecule has 0 aliphatic heterocycles. The third kappa shape index (κ3) is 2.90. The average molecular weight is 290 g/mol. The van der Waals surface area contributed by atoms with Crippen LogP contribution in [0.15, 0.2) is 27.1 Å². The van der Waals surface area contributed by atoms with Crippen LogP contribution in [0, 0.1) is 0 Å². The van der Waals surface area contributed by atoms with E-state index in [1.165, 1.54) is 17.8 Å². The second-order valence-corrected chi connectivity index (χ2v) is 5.56. The van der Waals surface area contributed by atoms with E-state index >= 15 is 0 Å². The number of hydrogen-bond acceptors (Lipinski definition) is 7. The fourth-order valence-corrected chi connectivity index (χ4v) is 2.56.